The highest BCUT2D eigenvalue weighted by molar-refractivity contribution is 5.74. The molecule has 0 bridgehead atoms. The van der Waals surface area contributed by atoms with Gasteiger partial charge in [-0.05, 0) is 56.4 Å². The SMILES string of the molecule is C\C=C/C(F)=C\C=C\OC1(N)CCC(NC(=O)NCCCc2ccccc2)CC1. The van der Waals surface area contributed by atoms with Crippen molar-refractivity contribution in [2.45, 2.75) is 57.2 Å². The number of halogens is 1. The van der Waals surface area contributed by atoms with Crippen LogP contribution in [0.15, 0.2) is 66.7 Å². The second-order valence-electron chi connectivity index (χ2n) is 7.33. The summed E-state index contributed by atoms with van der Waals surface area (Å²) in [6.07, 6.45) is 11.8. The van der Waals surface area contributed by atoms with Crippen molar-refractivity contribution in [1.82, 2.24) is 10.6 Å². The molecular weight excluding hydrogens is 369 g/mol. The zero-order valence-electron chi connectivity index (χ0n) is 17.1. The minimum atomic E-state index is -0.772. The fourth-order valence-electron chi connectivity index (χ4n) is 3.26. The lowest BCUT2D eigenvalue weighted by atomic mass is 9.88. The lowest BCUT2D eigenvalue weighted by molar-refractivity contribution is -0.0114. The third kappa shape index (κ3) is 8.96. The molecule has 158 valence electrons. The lowest BCUT2D eigenvalue weighted by Crippen LogP contribution is -2.51. The molecule has 0 radical (unpaired) electrons. The van der Waals surface area contributed by atoms with Gasteiger partial charge in [-0.25, -0.2) is 9.18 Å². The molecule has 5 nitrogen and oxygen atoms in total. The summed E-state index contributed by atoms with van der Waals surface area (Å²) in [6.45, 7) is 2.39. The number of nitrogens with two attached hydrogens (primary N) is 1. The molecule has 2 rings (SSSR count). The van der Waals surface area contributed by atoms with Crippen LogP contribution >= 0.6 is 0 Å². The van der Waals surface area contributed by atoms with Crippen molar-refractivity contribution in [1.29, 1.82) is 0 Å². The first kappa shape index (κ1) is 22.7. The zero-order valence-corrected chi connectivity index (χ0v) is 17.1. The Hall–Kier alpha value is -2.60. The van der Waals surface area contributed by atoms with E-state index in [1.165, 1.54) is 30.1 Å². The smallest absolute Gasteiger partial charge is 0.315 e. The summed E-state index contributed by atoms with van der Waals surface area (Å²) < 4.78 is 18.8. The average Bonchev–Trinajstić information content (AvgIpc) is 2.72. The van der Waals surface area contributed by atoms with Crippen LogP contribution in [0.2, 0.25) is 0 Å². The molecule has 1 saturated carbocycles. The van der Waals surface area contributed by atoms with E-state index in [1.54, 1.807) is 13.0 Å². The maximum absolute atomic E-state index is 13.2. The van der Waals surface area contributed by atoms with Gasteiger partial charge in [0.05, 0.1) is 6.26 Å². The van der Waals surface area contributed by atoms with Crippen LogP contribution < -0.4 is 16.4 Å². The number of amides is 2. The summed E-state index contributed by atoms with van der Waals surface area (Å²) >= 11 is 0. The van der Waals surface area contributed by atoms with E-state index in [0.717, 1.165) is 25.7 Å². The van der Waals surface area contributed by atoms with Crippen LogP contribution in [0.25, 0.3) is 0 Å². The van der Waals surface area contributed by atoms with Gasteiger partial charge in [-0.15, -0.1) is 0 Å². The predicted octanol–water partition coefficient (Wildman–Crippen LogP) is 4.48. The molecule has 0 spiro atoms. The van der Waals surface area contributed by atoms with E-state index in [-0.39, 0.29) is 17.9 Å². The molecular formula is C23H32FN3O2. The van der Waals surface area contributed by atoms with E-state index in [4.69, 9.17) is 10.5 Å². The monoisotopic (exact) mass is 401 g/mol. The van der Waals surface area contributed by atoms with Crippen molar-refractivity contribution in [2.24, 2.45) is 5.73 Å². The molecule has 0 saturated heterocycles. The second-order valence-corrected chi connectivity index (χ2v) is 7.33. The fourth-order valence-corrected chi connectivity index (χ4v) is 3.26. The van der Waals surface area contributed by atoms with Gasteiger partial charge in [-0.1, -0.05) is 36.4 Å². The van der Waals surface area contributed by atoms with Gasteiger partial charge < -0.3 is 15.4 Å². The number of urea groups is 1. The number of rotatable bonds is 9. The Morgan fingerprint density at radius 3 is 2.72 bits per heavy atom. The van der Waals surface area contributed by atoms with Crippen LogP contribution in [0, 0.1) is 0 Å². The van der Waals surface area contributed by atoms with E-state index in [1.807, 2.05) is 18.2 Å². The van der Waals surface area contributed by atoms with Crippen molar-refractivity contribution >= 4 is 6.03 Å². The van der Waals surface area contributed by atoms with E-state index >= 15 is 0 Å². The number of carbonyl (C=O) groups excluding carboxylic acids is 1. The number of ether oxygens (including phenoxy) is 1. The average molecular weight is 402 g/mol. The molecule has 1 aliphatic rings. The molecule has 6 heteroatoms. The lowest BCUT2D eigenvalue weighted by Gasteiger charge is -2.36. The number of hydrogen-bond donors (Lipinski definition) is 3. The molecule has 0 atom stereocenters. The van der Waals surface area contributed by atoms with Gasteiger partial charge in [0.1, 0.15) is 5.83 Å². The number of aryl methyl sites for hydroxylation is 1. The van der Waals surface area contributed by atoms with Crippen LogP contribution in [0.4, 0.5) is 9.18 Å². The van der Waals surface area contributed by atoms with E-state index < -0.39 is 5.72 Å². The van der Waals surface area contributed by atoms with Gasteiger partial charge in [-0.2, -0.15) is 0 Å². The van der Waals surface area contributed by atoms with Crippen molar-refractivity contribution in [2.75, 3.05) is 6.54 Å². The number of allylic oxidation sites excluding steroid dienone is 5. The predicted molar refractivity (Wildman–Crippen MR) is 115 cm³/mol. The second kappa shape index (κ2) is 12.1. The van der Waals surface area contributed by atoms with E-state index in [0.29, 0.717) is 19.4 Å². The Bertz CT molecular complexity index is 708. The first-order valence-corrected chi connectivity index (χ1v) is 10.2. The molecule has 1 aromatic rings. The van der Waals surface area contributed by atoms with Gasteiger partial charge >= 0.3 is 6.03 Å². The summed E-state index contributed by atoms with van der Waals surface area (Å²) in [5.41, 5.74) is 6.75. The van der Waals surface area contributed by atoms with Gasteiger partial charge in [0, 0.05) is 25.4 Å². The van der Waals surface area contributed by atoms with Gasteiger partial charge in [0.25, 0.3) is 0 Å². The number of hydrogen-bond acceptors (Lipinski definition) is 3. The minimum Gasteiger partial charge on any atom is -0.481 e. The topological polar surface area (TPSA) is 76.4 Å². The first-order valence-electron chi connectivity index (χ1n) is 10.2. The first-order chi connectivity index (χ1) is 14.0. The van der Waals surface area contributed by atoms with Crippen LogP contribution in [0.1, 0.15) is 44.6 Å². The summed E-state index contributed by atoms with van der Waals surface area (Å²) in [4.78, 5) is 12.1. The summed E-state index contributed by atoms with van der Waals surface area (Å²) in [5.74, 6) is -0.346. The van der Waals surface area contributed by atoms with Gasteiger partial charge in [0.15, 0.2) is 5.72 Å². The van der Waals surface area contributed by atoms with Crippen molar-refractivity contribution in [3.05, 3.63) is 72.3 Å². The van der Waals surface area contributed by atoms with Crippen molar-refractivity contribution in [3.8, 4) is 0 Å². The quantitative estimate of drug-likeness (QED) is 0.247. The number of carbonyl (C=O) groups is 1. The van der Waals surface area contributed by atoms with Crippen LogP contribution in [-0.2, 0) is 11.2 Å². The fraction of sp³-hybridized carbons (Fsp3) is 0.435. The van der Waals surface area contributed by atoms with Crippen molar-refractivity contribution in [3.63, 3.8) is 0 Å². The number of nitrogens with one attached hydrogen (secondary N) is 2. The Labute approximate surface area is 172 Å². The van der Waals surface area contributed by atoms with Crippen LogP contribution in [-0.4, -0.2) is 24.3 Å². The third-order valence-electron chi connectivity index (χ3n) is 4.90. The maximum Gasteiger partial charge on any atom is 0.315 e. The molecule has 1 aromatic carbocycles. The van der Waals surface area contributed by atoms with Crippen LogP contribution in [0.3, 0.4) is 0 Å². The Morgan fingerprint density at radius 2 is 2.03 bits per heavy atom. The Kier molecular flexibility index (Phi) is 9.44. The highest BCUT2D eigenvalue weighted by Gasteiger charge is 2.33. The highest BCUT2D eigenvalue weighted by Crippen LogP contribution is 2.27. The Morgan fingerprint density at radius 1 is 1.31 bits per heavy atom. The zero-order chi connectivity index (χ0) is 21.0. The molecule has 0 aromatic heterocycles. The normalized spacial score (nSPS) is 22.7. The molecule has 29 heavy (non-hydrogen) atoms. The minimum absolute atomic E-state index is 0.0837. The maximum atomic E-state index is 13.2. The number of benzene rings is 1. The largest absolute Gasteiger partial charge is 0.481 e. The van der Waals surface area contributed by atoms with Gasteiger partial charge in [0.2, 0.25) is 0 Å². The molecule has 1 fully saturated rings. The summed E-state index contributed by atoms with van der Waals surface area (Å²) in [5, 5.41) is 5.92. The molecule has 4 N–H and O–H groups in total. The standard InChI is InChI=1S/C23H32FN3O2/c1-2-8-20(24)12-7-18-29-23(25)15-13-21(14-16-23)27-22(28)26-17-6-11-19-9-4-3-5-10-19/h2-5,7-10,12,18,21H,6,11,13-17,25H2,1H3,(H2,26,27,28)/b8-2-,18-7+,20-12+. The molecule has 2 amide bonds. The van der Waals surface area contributed by atoms with E-state index in [2.05, 4.69) is 22.8 Å². The summed E-state index contributed by atoms with van der Waals surface area (Å²) in [7, 11) is 0. The van der Waals surface area contributed by atoms with Crippen molar-refractivity contribution < 1.29 is 13.9 Å². The van der Waals surface area contributed by atoms with Crippen LogP contribution in [0.5, 0.6) is 0 Å². The van der Waals surface area contributed by atoms with Gasteiger partial charge in [-0.3, -0.25) is 5.73 Å². The summed E-state index contributed by atoms with van der Waals surface area (Å²) in [6, 6.07) is 10.2. The molecule has 0 unspecified atom stereocenters. The molecule has 0 aliphatic heterocycles. The molecule has 1 aliphatic carbocycles. The third-order valence-corrected chi connectivity index (χ3v) is 4.90. The molecule has 0 heterocycles. The Balaban J connectivity index is 1.62. The van der Waals surface area contributed by atoms with E-state index in [9.17, 15) is 9.18 Å². The highest BCUT2D eigenvalue weighted by atomic mass is 19.1.